The van der Waals surface area contributed by atoms with E-state index in [1.807, 2.05) is 61.7 Å². The van der Waals surface area contributed by atoms with Crippen LogP contribution in [0.25, 0.3) is 0 Å². The second-order valence-electron chi connectivity index (χ2n) is 8.37. The van der Waals surface area contributed by atoms with Gasteiger partial charge in [0.1, 0.15) is 12.3 Å². The average Bonchev–Trinajstić information content (AvgIpc) is 3.58. The molecule has 0 spiro atoms. The third kappa shape index (κ3) is 7.36. The molecule has 2 heterocycles. The number of carbonyl (C=O) groups is 2. The lowest BCUT2D eigenvalue weighted by molar-refractivity contribution is -0.142. The number of ether oxygens (including phenoxy) is 2. The molecule has 7 nitrogen and oxygen atoms in total. The molecule has 3 aromatic rings. The van der Waals surface area contributed by atoms with E-state index in [1.54, 1.807) is 41.6 Å². The fraction of sp³-hybridized carbons (Fsp3) is 0.407. The van der Waals surface area contributed by atoms with Gasteiger partial charge in [0, 0.05) is 17.5 Å². The first kappa shape index (κ1) is 26.3. The second-order valence-corrected chi connectivity index (χ2v) is 9.40. The number of rotatable bonds is 13. The smallest absolute Gasteiger partial charge is 0.242 e. The van der Waals surface area contributed by atoms with Crippen LogP contribution in [-0.4, -0.2) is 55.0 Å². The monoisotopic (exact) mass is 498 g/mol. The van der Waals surface area contributed by atoms with Crippen LogP contribution in [0.3, 0.4) is 0 Å². The van der Waals surface area contributed by atoms with Crippen LogP contribution in [0, 0.1) is 0 Å². The zero-order valence-corrected chi connectivity index (χ0v) is 21.7. The first-order valence-corrected chi connectivity index (χ1v) is 12.7. The van der Waals surface area contributed by atoms with Gasteiger partial charge in [-0.2, -0.15) is 0 Å². The van der Waals surface area contributed by atoms with Crippen LogP contribution in [-0.2, 0) is 29.0 Å². The van der Waals surface area contributed by atoms with Gasteiger partial charge in [-0.3, -0.25) is 9.59 Å². The average molecular weight is 499 g/mol. The maximum Gasteiger partial charge on any atom is 0.242 e. The SMILES string of the molecule is CCC(C)N(CC(=O)N(CCc1ccc(OC)c(OC)c1)Cc1ccco1)C(=O)Cc1cccs1. The summed E-state index contributed by atoms with van der Waals surface area (Å²) in [4.78, 5) is 31.1. The lowest BCUT2D eigenvalue weighted by atomic mass is 10.1. The van der Waals surface area contributed by atoms with Crippen molar-refractivity contribution in [2.75, 3.05) is 27.3 Å². The topological polar surface area (TPSA) is 72.2 Å². The lowest BCUT2D eigenvalue weighted by Gasteiger charge is -2.31. The third-order valence-corrected chi connectivity index (χ3v) is 6.93. The highest BCUT2D eigenvalue weighted by Gasteiger charge is 2.25. The molecule has 1 unspecified atom stereocenters. The Balaban J connectivity index is 1.74. The normalized spacial score (nSPS) is 11.7. The minimum absolute atomic E-state index is 0.0336. The van der Waals surface area contributed by atoms with Crippen LogP contribution in [0.15, 0.2) is 58.5 Å². The van der Waals surface area contributed by atoms with Crippen molar-refractivity contribution in [3.05, 3.63) is 70.3 Å². The van der Waals surface area contributed by atoms with Crippen molar-refractivity contribution in [2.24, 2.45) is 0 Å². The molecular weight excluding hydrogens is 464 g/mol. The largest absolute Gasteiger partial charge is 0.493 e. The molecule has 0 aliphatic carbocycles. The summed E-state index contributed by atoms with van der Waals surface area (Å²) in [6.07, 6.45) is 3.30. The van der Waals surface area contributed by atoms with Crippen molar-refractivity contribution in [1.82, 2.24) is 9.80 Å². The van der Waals surface area contributed by atoms with Crippen molar-refractivity contribution in [3.63, 3.8) is 0 Å². The highest BCUT2D eigenvalue weighted by atomic mass is 32.1. The van der Waals surface area contributed by atoms with E-state index >= 15 is 0 Å². The number of amides is 2. The van der Waals surface area contributed by atoms with E-state index in [-0.39, 0.29) is 24.4 Å². The van der Waals surface area contributed by atoms with Gasteiger partial charge < -0.3 is 23.7 Å². The van der Waals surface area contributed by atoms with Gasteiger partial charge in [0.25, 0.3) is 0 Å². The van der Waals surface area contributed by atoms with Gasteiger partial charge in [-0.25, -0.2) is 0 Å². The van der Waals surface area contributed by atoms with Gasteiger partial charge in [-0.1, -0.05) is 19.1 Å². The van der Waals surface area contributed by atoms with Gasteiger partial charge in [-0.15, -0.1) is 11.3 Å². The van der Waals surface area contributed by atoms with Gasteiger partial charge in [-0.05, 0) is 61.0 Å². The van der Waals surface area contributed by atoms with Gasteiger partial charge >= 0.3 is 0 Å². The Kier molecular flexibility index (Phi) is 9.78. The van der Waals surface area contributed by atoms with Crippen molar-refractivity contribution < 1.29 is 23.5 Å². The third-order valence-electron chi connectivity index (χ3n) is 6.05. The van der Waals surface area contributed by atoms with E-state index in [2.05, 4.69) is 0 Å². The predicted octanol–water partition coefficient (Wildman–Crippen LogP) is 4.80. The van der Waals surface area contributed by atoms with Crippen molar-refractivity contribution >= 4 is 23.2 Å². The highest BCUT2D eigenvalue weighted by molar-refractivity contribution is 7.10. The summed E-state index contributed by atoms with van der Waals surface area (Å²) in [5.74, 6) is 1.87. The molecular formula is C27H34N2O5S. The first-order valence-electron chi connectivity index (χ1n) is 11.8. The summed E-state index contributed by atoms with van der Waals surface area (Å²) in [5.41, 5.74) is 1.02. The maximum atomic E-state index is 13.5. The Bertz CT molecular complexity index is 1070. The Morgan fingerprint density at radius 2 is 1.86 bits per heavy atom. The van der Waals surface area contributed by atoms with Crippen LogP contribution in [0.4, 0.5) is 0 Å². The summed E-state index contributed by atoms with van der Waals surface area (Å²) >= 11 is 1.55. The van der Waals surface area contributed by atoms with E-state index in [0.29, 0.717) is 43.2 Å². The molecule has 2 amide bonds. The van der Waals surface area contributed by atoms with Crippen molar-refractivity contribution in [3.8, 4) is 11.5 Å². The molecule has 1 aromatic carbocycles. The molecule has 0 saturated carbocycles. The number of methoxy groups -OCH3 is 2. The number of hydrogen-bond acceptors (Lipinski definition) is 6. The quantitative estimate of drug-likeness (QED) is 0.339. The zero-order valence-electron chi connectivity index (χ0n) is 20.9. The van der Waals surface area contributed by atoms with E-state index in [9.17, 15) is 9.59 Å². The second kappa shape index (κ2) is 13.0. The van der Waals surface area contributed by atoms with E-state index in [1.165, 1.54) is 0 Å². The number of nitrogens with zero attached hydrogens (tertiary/aromatic N) is 2. The Morgan fingerprint density at radius 1 is 1.06 bits per heavy atom. The summed E-state index contributed by atoms with van der Waals surface area (Å²) in [6, 6.07) is 13.3. The minimum atomic E-state index is -0.110. The molecule has 0 radical (unpaired) electrons. The van der Waals surface area contributed by atoms with Crippen LogP contribution in [0.5, 0.6) is 11.5 Å². The number of hydrogen-bond donors (Lipinski definition) is 0. The van der Waals surface area contributed by atoms with Gasteiger partial charge in [0.05, 0.1) is 33.4 Å². The number of benzene rings is 1. The fourth-order valence-electron chi connectivity index (χ4n) is 3.80. The Morgan fingerprint density at radius 3 is 2.49 bits per heavy atom. The van der Waals surface area contributed by atoms with Crippen LogP contribution >= 0.6 is 11.3 Å². The molecule has 0 bridgehead atoms. The molecule has 0 fully saturated rings. The Labute approximate surface area is 211 Å². The molecule has 188 valence electrons. The van der Waals surface area contributed by atoms with Gasteiger partial charge in [0.2, 0.25) is 11.8 Å². The highest BCUT2D eigenvalue weighted by Crippen LogP contribution is 2.28. The predicted molar refractivity (Wildman–Crippen MR) is 137 cm³/mol. The lowest BCUT2D eigenvalue weighted by Crippen LogP contribution is -2.47. The molecule has 2 aromatic heterocycles. The van der Waals surface area contributed by atoms with Gasteiger partial charge in [0.15, 0.2) is 11.5 Å². The molecule has 0 aliphatic heterocycles. The standard InChI is InChI=1S/C27H34N2O5S/c1-5-20(2)29(26(30)17-23-9-7-15-35-23)19-27(31)28(18-22-8-6-14-34-22)13-12-21-10-11-24(32-3)25(16-21)33-4/h6-11,14-16,20H,5,12-13,17-19H2,1-4H3. The molecule has 35 heavy (non-hydrogen) atoms. The fourth-order valence-corrected chi connectivity index (χ4v) is 4.50. The van der Waals surface area contributed by atoms with Crippen molar-refractivity contribution in [2.45, 2.75) is 45.7 Å². The number of furan rings is 1. The van der Waals surface area contributed by atoms with Crippen LogP contribution in [0.1, 0.15) is 36.5 Å². The van der Waals surface area contributed by atoms with E-state index in [0.717, 1.165) is 16.9 Å². The maximum absolute atomic E-state index is 13.5. The summed E-state index contributed by atoms with van der Waals surface area (Å²) < 4.78 is 16.3. The molecule has 8 heteroatoms. The first-order chi connectivity index (χ1) is 16.9. The molecule has 0 aliphatic rings. The van der Waals surface area contributed by atoms with Crippen LogP contribution < -0.4 is 9.47 Å². The number of carbonyl (C=O) groups excluding carboxylic acids is 2. The van der Waals surface area contributed by atoms with E-state index < -0.39 is 0 Å². The molecule has 0 saturated heterocycles. The number of thiophene rings is 1. The summed E-state index contributed by atoms with van der Waals surface area (Å²) in [5, 5.41) is 1.96. The van der Waals surface area contributed by atoms with Crippen LogP contribution in [0.2, 0.25) is 0 Å². The molecule has 3 rings (SSSR count). The molecule has 0 N–H and O–H groups in total. The van der Waals surface area contributed by atoms with Crippen molar-refractivity contribution in [1.29, 1.82) is 0 Å². The summed E-state index contributed by atoms with van der Waals surface area (Å²) in [7, 11) is 3.20. The van der Waals surface area contributed by atoms with E-state index in [4.69, 9.17) is 13.9 Å². The molecule has 1 atom stereocenters. The zero-order chi connectivity index (χ0) is 25.2. The summed E-state index contributed by atoms with van der Waals surface area (Å²) in [6.45, 7) is 4.86. The Hall–Kier alpha value is -3.26. The minimum Gasteiger partial charge on any atom is -0.493 e.